The van der Waals surface area contributed by atoms with Crippen LogP contribution < -0.4 is 10.0 Å². The summed E-state index contributed by atoms with van der Waals surface area (Å²) in [6.45, 7) is 0. The number of carbonyl (C=O) groups is 1. The molecule has 6 nitrogen and oxygen atoms in total. The van der Waals surface area contributed by atoms with Gasteiger partial charge in [-0.2, -0.15) is 0 Å². The number of aromatic nitrogens is 1. The highest BCUT2D eigenvalue weighted by Gasteiger charge is 2.10. The number of carbonyl (C=O) groups excluding carboxylic acids is 1. The van der Waals surface area contributed by atoms with Gasteiger partial charge in [-0.25, -0.2) is 8.42 Å². The Morgan fingerprint density at radius 2 is 1.62 bits per heavy atom. The molecule has 0 spiro atoms. The molecule has 0 aliphatic heterocycles. The van der Waals surface area contributed by atoms with E-state index in [2.05, 4.69) is 15.0 Å². The van der Waals surface area contributed by atoms with Crippen LogP contribution in [0.25, 0.3) is 11.1 Å². The highest BCUT2D eigenvalue weighted by Crippen LogP contribution is 2.20. The van der Waals surface area contributed by atoms with E-state index in [1.807, 2.05) is 36.4 Å². The Morgan fingerprint density at radius 3 is 2.35 bits per heavy atom. The maximum absolute atomic E-state index is 12.5. The fraction of sp³-hybridized carbons (Fsp3) is 0.0526. The van der Waals surface area contributed by atoms with Crippen LogP contribution in [-0.4, -0.2) is 25.6 Å². The third-order valence-electron chi connectivity index (χ3n) is 3.52. The molecule has 26 heavy (non-hydrogen) atoms. The molecule has 2 N–H and O–H groups in total. The second kappa shape index (κ2) is 7.37. The summed E-state index contributed by atoms with van der Waals surface area (Å²) in [5.74, 6) is -0.376. The number of nitrogens with zero attached hydrogens (tertiary/aromatic N) is 1. The van der Waals surface area contributed by atoms with Crippen LogP contribution in [0.3, 0.4) is 0 Å². The molecule has 1 heterocycles. The molecule has 0 aliphatic carbocycles. The van der Waals surface area contributed by atoms with Gasteiger partial charge in [-0.3, -0.25) is 14.5 Å². The first-order valence-corrected chi connectivity index (χ1v) is 9.70. The molecule has 0 radical (unpaired) electrons. The zero-order chi connectivity index (χ0) is 18.6. The van der Waals surface area contributed by atoms with E-state index in [1.165, 1.54) is 0 Å². The molecule has 0 atom stereocenters. The number of benzene rings is 2. The molecule has 7 heteroatoms. The predicted molar refractivity (Wildman–Crippen MR) is 103 cm³/mol. The number of amides is 1. The molecule has 0 saturated carbocycles. The summed E-state index contributed by atoms with van der Waals surface area (Å²) in [7, 11) is -3.39. The van der Waals surface area contributed by atoms with Crippen molar-refractivity contribution in [3.05, 3.63) is 78.6 Å². The first-order valence-electron chi connectivity index (χ1n) is 7.81. The largest absolute Gasteiger partial charge is 0.321 e. The summed E-state index contributed by atoms with van der Waals surface area (Å²) >= 11 is 0. The van der Waals surface area contributed by atoms with Gasteiger partial charge in [0.05, 0.1) is 11.9 Å². The van der Waals surface area contributed by atoms with Gasteiger partial charge in [0.25, 0.3) is 5.91 Å². The van der Waals surface area contributed by atoms with Crippen LogP contribution in [0.2, 0.25) is 0 Å². The minimum Gasteiger partial charge on any atom is -0.321 e. The third-order valence-corrected chi connectivity index (χ3v) is 4.13. The van der Waals surface area contributed by atoms with Crippen molar-refractivity contribution < 1.29 is 13.2 Å². The smallest absolute Gasteiger partial charge is 0.274 e. The molecule has 3 aromatic rings. The number of anilines is 2. The zero-order valence-electron chi connectivity index (χ0n) is 14.0. The van der Waals surface area contributed by atoms with Gasteiger partial charge in [-0.1, -0.05) is 36.4 Å². The van der Waals surface area contributed by atoms with Crippen LogP contribution in [0.4, 0.5) is 11.4 Å². The maximum atomic E-state index is 12.5. The summed E-state index contributed by atoms with van der Waals surface area (Å²) in [6.07, 6.45) is 2.65. The molecule has 0 saturated heterocycles. The van der Waals surface area contributed by atoms with Crippen LogP contribution in [0.15, 0.2) is 72.9 Å². The van der Waals surface area contributed by atoms with Crippen molar-refractivity contribution in [1.29, 1.82) is 0 Å². The fourth-order valence-electron chi connectivity index (χ4n) is 2.43. The average molecular weight is 367 g/mol. The predicted octanol–water partition coefficient (Wildman–Crippen LogP) is 3.37. The number of rotatable bonds is 5. The number of pyridine rings is 1. The van der Waals surface area contributed by atoms with Crippen LogP contribution in [-0.2, 0) is 10.0 Å². The normalized spacial score (nSPS) is 11.0. The van der Waals surface area contributed by atoms with Gasteiger partial charge < -0.3 is 5.32 Å². The van der Waals surface area contributed by atoms with Crippen molar-refractivity contribution in [2.45, 2.75) is 0 Å². The second-order valence-electron chi connectivity index (χ2n) is 5.70. The average Bonchev–Trinajstić information content (AvgIpc) is 2.61. The molecule has 0 fully saturated rings. The van der Waals surface area contributed by atoms with E-state index in [1.54, 1.807) is 36.5 Å². The molecule has 0 unspecified atom stereocenters. The molecule has 0 aliphatic rings. The quantitative estimate of drug-likeness (QED) is 0.724. The minimum absolute atomic E-state index is 0.271. The number of nitrogens with one attached hydrogen (secondary N) is 2. The van der Waals surface area contributed by atoms with Gasteiger partial charge in [-0.15, -0.1) is 0 Å². The van der Waals surface area contributed by atoms with Crippen LogP contribution in [0.5, 0.6) is 0 Å². The summed E-state index contributed by atoms with van der Waals surface area (Å²) < 4.78 is 25.0. The maximum Gasteiger partial charge on any atom is 0.274 e. The minimum atomic E-state index is -3.39. The van der Waals surface area contributed by atoms with E-state index >= 15 is 0 Å². The summed E-state index contributed by atoms with van der Waals surface area (Å²) in [5, 5.41) is 2.73. The van der Waals surface area contributed by atoms with Crippen LogP contribution >= 0.6 is 0 Å². The monoisotopic (exact) mass is 367 g/mol. The molecule has 0 bridgehead atoms. The summed E-state index contributed by atoms with van der Waals surface area (Å²) in [6, 6.07) is 19.7. The highest BCUT2D eigenvalue weighted by atomic mass is 32.2. The lowest BCUT2D eigenvalue weighted by molar-refractivity contribution is 0.102. The van der Waals surface area contributed by atoms with Crippen LogP contribution in [0.1, 0.15) is 10.5 Å². The molecular formula is C19H17N3O3S. The van der Waals surface area contributed by atoms with Crippen LogP contribution in [0, 0.1) is 0 Å². The van der Waals surface area contributed by atoms with Gasteiger partial charge in [0.1, 0.15) is 5.69 Å². The number of sulfonamides is 1. The van der Waals surface area contributed by atoms with Gasteiger partial charge in [-0.05, 0) is 41.5 Å². The first kappa shape index (κ1) is 17.6. The Hall–Kier alpha value is -3.19. The lowest BCUT2D eigenvalue weighted by Gasteiger charge is -2.09. The van der Waals surface area contributed by atoms with E-state index in [0.717, 1.165) is 17.4 Å². The molecule has 1 amide bonds. The van der Waals surface area contributed by atoms with Crippen molar-refractivity contribution in [3.8, 4) is 11.1 Å². The Morgan fingerprint density at radius 1 is 0.885 bits per heavy atom. The molecule has 3 rings (SSSR count). The number of hydrogen-bond donors (Lipinski definition) is 2. The lowest BCUT2D eigenvalue weighted by atomic mass is 10.1. The Kier molecular flexibility index (Phi) is 4.99. The molecule has 1 aromatic heterocycles. The first-order chi connectivity index (χ1) is 12.4. The molecule has 132 valence electrons. The standard InChI is InChI=1S/C19H17N3O3S/c1-26(24,25)22-17-9-5-8-16(13-17)21-19(23)18-12-15(10-11-20-18)14-6-3-2-4-7-14/h2-13,22H,1H3,(H,21,23). The molecule has 2 aromatic carbocycles. The summed E-state index contributed by atoms with van der Waals surface area (Å²) in [4.78, 5) is 16.6. The third kappa shape index (κ3) is 4.67. The van der Waals surface area contributed by atoms with Crippen molar-refractivity contribution in [3.63, 3.8) is 0 Å². The fourth-order valence-corrected chi connectivity index (χ4v) is 2.99. The topological polar surface area (TPSA) is 88.2 Å². The Balaban J connectivity index is 1.80. The zero-order valence-corrected chi connectivity index (χ0v) is 14.8. The van der Waals surface area contributed by atoms with Crippen molar-refractivity contribution in [2.75, 3.05) is 16.3 Å². The van der Waals surface area contributed by atoms with Crippen molar-refractivity contribution >= 4 is 27.3 Å². The Labute approximate surface area is 152 Å². The second-order valence-corrected chi connectivity index (χ2v) is 7.45. The van der Waals surface area contributed by atoms with E-state index in [-0.39, 0.29) is 11.6 Å². The SMILES string of the molecule is CS(=O)(=O)Nc1cccc(NC(=O)c2cc(-c3ccccc3)ccn2)c1. The van der Waals surface area contributed by atoms with E-state index in [4.69, 9.17) is 0 Å². The highest BCUT2D eigenvalue weighted by molar-refractivity contribution is 7.92. The van der Waals surface area contributed by atoms with Gasteiger partial charge in [0, 0.05) is 11.9 Å². The van der Waals surface area contributed by atoms with Crippen molar-refractivity contribution in [2.24, 2.45) is 0 Å². The van der Waals surface area contributed by atoms with E-state index in [9.17, 15) is 13.2 Å². The molecular weight excluding hydrogens is 350 g/mol. The van der Waals surface area contributed by atoms with Gasteiger partial charge >= 0.3 is 0 Å². The Bertz CT molecular complexity index is 1030. The van der Waals surface area contributed by atoms with Crippen molar-refractivity contribution in [1.82, 2.24) is 4.98 Å². The van der Waals surface area contributed by atoms with Gasteiger partial charge in [0.15, 0.2) is 0 Å². The number of hydrogen-bond acceptors (Lipinski definition) is 4. The van der Waals surface area contributed by atoms with Gasteiger partial charge in [0.2, 0.25) is 10.0 Å². The van der Waals surface area contributed by atoms with E-state index in [0.29, 0.717) is 11.4 Å². The summed E-state index contributed by atoms with van der Waals surface area (Å²) in [5.41, 5.74) is 2.99. The lowest BCUT2D eigenvalue weighted by Crippen LogP contribution is -2.14. The van der Waals surface area contributed by atoms with E-state index < -0.39 is 10.0 Å².